The number of carbonyl (C=O) groups excluding carboxylic acids is 1. The summed E-state index contributed by atoms with van der Waals surface area (Å²) in [7, 11) is -3.41. The van der Waals surface area contributed by atoms with Crippen LogP contribution in [0, 0.1) is 5.92 Å². The molecule has 1 saturated carbocycles. The molecule has 2 aliphatic heterocycles. The van der Waals surface area contributed by atoms with Gasteiger partial charge in [-0.25, -0.2) is 0 Å². The van der Waals surface area contributed by atoms with E-state index in [9.17, 15) is 13.2 Å². The molecule has 4 rings (SSSR count). The Hall–Kier alpha value is -1.45. The first-order valence-corrected chi connectivity index (χ1v) is 12.0. The van der Waals surface area contributed by atoms with Crippen molar-refractivity contribution < 1.29 is 13.2 Å². The minimum absolute atomic E-state index is 0.0229. The van der Waals surface area contributed by atoms with E-state index in [2.05, 4.69) is 15.5 Å². The fraction of sp³-hybridized carbons (Fsp3) is 0.789. The van der Waals surface area contributed by atoms with Crippen LogP contribution in [-0.2, 0) is 15.0 Å². The third kappa shape index (κ3) is 4.11. The molecule has 9 heteroatoms. The number of aromatic nitrogens is 2. The molecule has 3 heterocycles. The van der Waals surface area contributed by atoms with E-state index in [0.717, 1.165) is 63.5 Å². The number of aromatic amines is 1. The van der Waals surface area contributed by atoms with E-state index in [1.165, 1.54) is 0 Å². The molecule has 3 fully saturated rings. The topological polar surface area (TPSA) is 98.4 Å². The lowest BCUT2D eigenvalue weighted by Gasteiger charge is -2.36. The Balaban J connectivity index is 1.45. The first kappa shape index (κ1) is 19.8. The van der Waals surface area contributed by atoms with Gasteiger partial charge in [-0.15, -0.1) is 0 Å². The number of amides is 1. The number of hydrogen-bond acceptors (Lipinski definition) is 4. The highest BCUT2D eigenvalue weighted by Gasteiger charge is 2.36. The van der Waals surface area contributed by atoms with Crippen LogP contribution in [0.2, 0.25) is 0 Å². The highest BCUT2D eigenvalue weighted by molar-refractivity contribution is 7.86. The minimum Gasteiger partial charge on any atom is -0.323 e. The van der Waals surface area contributed by atoms with Gasteiger partial charge < -0.3 is 5.32 Å². The molecule has 2 saturated heterocycles. The quantitative estimate of drug-likeness (QED) is 0.780. The molecule has 0 bridgehead atoms. The number of H-pyrrole nitrogens is 1. The molecule has 8 nitrogen and oxygen atoms in total. The van der Waals surface area contributed by atoms with Crippen molar-refractivity contribution in [2.45, 2.75) is 63.7 Å². The predicted octanol–water partition coefficient (Wildman–Crippen LogP) is 2.45. The Bertz CT molecular complexity index is 781. The summed E-state index contributed by atoms with van der Waals surface area (Å²) in [5.74, 6) is 0.175. The highest BCUT2D eigenvalue weighted by atomic mass is 32.2. The van der Waals surface area contributed by atoms with E-state index in [1.807, 2.05) is 0 Å². The number of hydrogen-bond donors (Lipinski definition) is 2. The van der Waals surface area contributed by atoms with Crippen molar-refractivity contribution in [1.82, 2.24) is 18.8 Å². The third-order valence-corrected chi connectivity index (χ3v) is 8.41. The standard InChI is InChI=1S/C19H31N5O3S/c25-19(15-7-2-3-8-15)21-17-13-20-22-18(17)16-9-6-12-24(14-16)28(26,27)23-10-4-1-5-11-23/h13,15-16H,1-12,14H2,(H,20,22)(H,21,25)/t16-/m1/s1. The molecule has 1 aromatic rings. The van der Waals surface area contributed by atoms with Crippen molar-refractivity contribution in [3.8, 4) is 0 Å². The maximum absolute atomic E-state index is 13.0. The molecule has 28 heavy (non-hydrogen) atoms. The number of carbonyl (C=O) groups is 1. The summed E-state index contributed by atoms with van der Waals surface area (Å²) in [5, 5.41) is 10.2. The third-order valence-electron chi connectivity index (χ3n) is 6.41. The van der Waals surface area contributed by atoms with Crippen molar-refractivity contribution >= 4 is 21.8 Å². The summed E-state index contributed by atoms with van der Waals surface area (Å²) >= 11 is 0. The van der Waals surface area contributed by atoms with Gasteiger partial charge in [-0.3, -0.25) is 9.89 Å². The Morgan fingerprint density at radius 3 is 2.46 bits per heavy atom. The average molecular weight is 410 g/mol. The maximum atomic E-state index is 13.0. The number of piperidine rings is 2. The van der Waals surface area contributed by atoms with E-state index in [4.69, 9.17) is 0 Å². The van der Waals surface area contributed by atoms with Gasteiger partial charge in [0.15, 0.2) is 0 Å². The van der Waals surface area contributed by atoms with E-state index >= 15 is 0 Å². The first-order valence-electron chi connectivity index (χ1n) is 10.6. The zero-order valence-electron chi connectivity index (χ0n) is 16.4. The normalized spacial score (nSPS) is 25.8. The second kappa shape index (κ2) is 8.51. The Labute approximate surface area is 167 Å². The van der Waals surface area contributed by atoms with Crippen LogP contribution >= 0.6 is 0 Å². The summed E-state index contributed by atoms with van der Waals surface area (Å²) in [6, 6.07) is 0. The van der Waals surface area contributed by atoms with Crippen LogP contribution in [0.25, 0.3) is 0 Å². The van der Waals surface area contributed by atoms with E-state index < -0.39 is 10.2 Å². The molecule has 2 N–H and O–H groups in total. The molecule has 3 aliphatic rings. The van der Waals surface area contributed by atoms with Gasteiger partial charge >= 0.3 is 0 Å². The molecule has 1 aromatic heterocycles. The van der Waals surface area contributed by atoms with Crippen molar-refractivity contribution in [1.29, 1.82) is 0 Å². The molecular formula is C19H31N5O3S. The SMILES string of the molecule is O=C(Nc1cn[nH]c1[C@@H]1CCCN(S(=O)(=O)N2CCCCC2)C1)C1CCCC1. The van der Waals surface area contributed by atoms with Crippen LogP contribution in [0.15, 0.2) is 6.20 Å². The minimum atomic E-state index is -3.41. The van der Waals surface area contributed by atoms with E-state index in [-0.39, 0.29) is 17.7 Å². The van der Waals surface area contributed by atoms with Crippen molar-refractivity contribution in [2.75, 3.05) is 31.5 Å². The second-order valence-corrected chi connectivity index (χ2v) is 10.3. The number of rotatable bonds is 5. The second-order valence-electron chi connectivity index (χ2n) is 8.33. The van der Waals surface area contributed by atoms with E-state index in [1.54, 1.807) is 14.8 Å². The Morgan fingerprint density at radius 1 is 1.00 bits per heavy atom. The van der Waals surface area contributed by atoms with Gasteiger partial charge in [-0.1, -0.05) is 19.3 Å². The maximum Gasteiger partial charge on any atom is 0.281 e. The van der Waals surface area contributed by atoms with Crippen LogP contribution in [0.1, 0.15) is 69.4 Å². The largest absolute Gasteiger partial charge is 0.323 e. The van der Waals surface area contributed by atoms with Gasteiger partial charge in [-0.2, -0.15) is 22.1 Å². The smallest absolute Gasteiger partial charge is 0.281 e. The van der Waals surface area contributed by atoms with Gasteiger partial charge in [-0.05, 0) is 38.5 Å². The van der Waals surface area contributed by atoms with Gasteiger partial charge in [0.25, 0.3) is 10.2 Å². The van der Waals surface area contributed by atoms with Gasteiger partial charge in [0.1, 0.15) is 0 Å². The van der Waals surface area contributed by atoms with Crippen molar-refractivity contribution in [2.24, 2.45) is 5.92 Å². The number of nitrogens with zero attached hydrogens (tertiary/aromatic N) is 3. The van der Waals surface area contributed by atoms with Gasteiger partial charge in [0, 0.05) is 38.0 Å². The molecular weight excluding hydrogens is 378 g/mol. The van der Waals surface area contributed by atoms with Crippen LogP contribution in [0.5, 0.6) is 0 Å². The molecule has 156 valence electrons. The fourth-order valence-electron chi connectivity index (χ4n) is 4.78. The monoisotopic (exact) mass is 409 g/mol. The lowest BCUT2D eigenvalue weighted by molar-refractivity contribution is -0.119. The summed E-state index contributed by atoms with van der Waals surface area (Å²) in [5.41, 5.74) is 1.56. The zero-order valence-corrected chi connectivity index (χ0v) is 17.2. The van der Waals surface area contributed by atoms with E-state index in [0.29, 0.717) is 31.9 Å². The molecule has 0 spiro atoms. The summed E-state index contributed by atoms with van der Waals surface area (Å²) in [4.78, 5) is 12.5. The Morgan fingerprint density at radius 2 is 1.71 bits per heavy atom. The van der Waals surface area contributed by atoms with Crippen LogP contribution in [-0.4, -0.2) is 59.3 Å². The first-order chi connectivity index (χ1) is 13.6. The van der Waals surface area contributed by atoms with Gasteiger partial charge in [0.05, 0.1) is 17.6 Å². The molecule has 1 amide bonds. The molecule has 1 aliphatic carbocycles. The molecule has 1 atom stereocenters. The molecule has 0 radical (unpaired) electrons. The summed E-state index contributed by atoms with van der Waals surface area (Å²) in [6.45, 7) is 2.24. The van der Waals surface area contributed by atoms with Crippen molar-refractivity contribution in [3.05, 3.63) is 11.9 Å². The number of nitrogens with one attached hydrogen (secondary N) is 2. The lowest BCUT2D eigenvalue weighted by atomic mass is 9.95. The average Bonchev–Trinajstić information content (AvgIpc) is 3.41. The van der Waals surface area contributed by atoms with Crippen LogP contribution in [0.4, 0.5) is 5.69 Å². The Kier molecular flexibility index (Phi) is 6.03. The summed E-state index contributed by atoms with van der Waals surface area (Å²) in [6.07, 6.45) is 10.5. The zero-order chi connectivity index (χ0) is 19.6. The lowest BCUT2D eigenvalue weighted by Crippen LogP contribution is -2.49. The summed E-state index contributed by atoms with van der Waals surface area (Å²) < 4.78 is 29.4. The van der Waals surface area contributed by atoms with Gasteiger partial charge in [0.2, 0.25) is 5.91 Å². The fourth-order valence-corrected chi connectivity index (χ4v) is 6.55. The molecule has 0 aromatic carbocycles. The predicted molar refractivity (Wildman–Crippen MR) is 107 cm³/mol. The highest BCUT2D eigenvalue weighted by Crippen LogP contribution is 2.33. The molecule has 0 unspecified atom stereocenters. The van der Waals surface area contributed by atoms with Crippen molar-refractivity contribution in [3.63, 3.8) is 0 Å². The van der Waals surface area contributed by atoms with Crippen LogP contribution < -0.4 is 5.32 Å². The number of anilines is 1. The van der Waals surface area contributed by atoms with Crippen LogP contribution in [0.3, 0.4) is 0 Å².